The first kappa shape index (κ1) is 22.0. The maximum Gasteiger partial charge on any atom is 0.221 e. The average molecular weight is 390 g/mol. The molecular weight excluding hydrogens is 361 g/mol. The van der Waals surface area contributed by atoms with Crippen LogP contribution in [0.3, 0.4) is 0 Å². The number of piperazine rings is 1. The first-order valence-electron chi connectivity index (χ1n) is 8.70. The van der Waals surface area contributed by atoms with Crippen LogP contribution in [0.1, 0.15) is 19.3 Å². The Morgan fingerprint density at radius 2 is 1.88 bits per heavy atom. The van der Waals surface area contributed by atoms with E-state index in [1.165, 1.54) is 0 Å². The summed E-state index contributed by atoms with van der Waals surface area (Å²) in [6.45, 7) is 6.84. The summed E-state index contributed by atoms with van der Waals surface area (Å²) < 4.78 is 0. The van der Waals surface area contributed by atoms with Gasteiger partial charge in [0.1, 0.15) is 5.82 Å². The first-order valence-corrected chi connectivity index (χ1v) is 8.70. The van der Waals surface area contributed by atoms with Crippen LogP contribution < -0.4 is 15.5 Å². The van der Waals surface area contributed by atoms with Gasteiger partial charge in [-0.15, -0.1) is 24.8 Å². The number of hydrogen-bond donors (Lipinski definition) is 2. The summed E-state index contributed by atoms with van der Waals surface area (Å²) in [5, 5.41) is 6.49. The summed E-state index contributed by atoms with van der Waals surface area (Å²) in [5.41, 5.74) is 0. The lowest BCUT2D eigenvalue weighted by Gasteiger charge is -2.35. The van der Waals surface area contributed by atoms with Gasteiger partial charge in [0.2, 0.25) is 5.91 Å². The van der Waals surface area contributed by atoms with Crippen LogP contribution in [0.15, 0.2) is 24.4 Å². The van der Waals surface area contributed by atoms with E-state index in [9.17, 15) is 4.79 Å². The van der Waals surface area contributed by atoms with Gasteiger partial charge in [-0.05, 0) is 38.1 Å². The van der Waals surface area contributed by atoms with E-state index in [1.54, 1.807) is 0 Å². The predicted octanol–water partition coefficient (Wildman–Crippen LogP) is 1.31. The molecule has 8 heteroatoms. The second-order valence-electron chi connectivity index (χ2n) is 6.36. The summed E-state index contributed by atoms with van der Waals surface area (Å²) in [6, 6.07) is 6.40. The maximum atomic E-state index is 12.1. The molecule has 0 unspecified atom stereocenters. The number of halogens is 2. The minimum absolute atomic E-state index is 0. The number of aromatic nitrogens is 1. The highest BCUT2D eigenvalue weighted by Gasteiger charge is 2.19. The van der Waals surface area contributed by atoms with Gasteiger partial charge < -0.3 is 15.5 Å². The molecule has 2 saturated heterocycles. The van der Waals surface area contributed by atoms with Crippen LogP contribution in [-0.2, 0) is 4.79 Å². The lowest BCUT2D eigenvalue weighted by molar-refractivity contribution is -0.122. The molecule has 2 aliphatic rings. The van der Waals surface area contributed by atoms with Gasteiger partial charge in [-0.25, -0.2) is 4.98 Å². The molecule has 3 heterocycles. The predicted molar refractivity (Wildman–Crippen MR) is 106 cm³/mol. The van der Waals surface area contributed by atoms with Crippen molar-refractivity contribution in [2.24, 2.45) is 0 Å². The molecule has 6 nitrogen and oxygen atoms in total. The highest BCUT2D eigenvalue weighted by Crippen LogP contribution is 2.12. The molecule has 2 aliphatic heterocycles. The smallest absolute Gasteiger partial charge is 0.221 e. The highest BCUT2D eigenvalue weighted by atomic mass is 35.5. The topological polar surface area (TPSA) is 60.5 Å². The lowest BCUT2D eigenvalue weighted by atomic mass is 10.1. The zero-order valence-corrected chi connectivity index (χ0v) is 16.2. The third-order valence-corrected chi connectivity index (χ3v) is 4.70. The van der Waals surface area contributed by atoms with Crippen molar-refractivity contribution in [3.05, 3.63) is 24.4 Å². The average Bonchev–Trinajstić information content (AvgIpc) is 2.62. The van der Waals surface area contributed by atoms with Crippen LogP contribution >= 0.6 is 24.8 Å². The molecule has 0 bridgehead atoms. The number of hydrogen-bond acceptors (Lipinski definition) is 5. The van der Waals surface area contributed by atoms with Crippen LogP contribution in [0.2, 0.25) is 0 Å². The molecule has 142 valence electrons. The Labute approximate surface area is 162 Å². The summed E-state index contributed by atoms with van der Waals surface area (Å²) in [4.78, 5) is 21.2. The van der Waals surface area contributed by atoms with Crippen molar-refractivity contribution < 1.29 is 4.79 Å². The number of amides is 1. The van der Waals surface area contributed by atoms with E-state index >= 15 is 0 Å². The summed E-state index contributed by atoms with van der Waals surface area (Å²) >= 11 is 0. The van der Waals surface area contributed by atoms with Crippen molar-refractivity contribution in [2.75, 3.05) is 50.7 Å². The largest absolute Gasteiger partial charge is 0.354 e. The van der Waals surface area contributed by atoms with Crippen molar-refractivity contribution in [1.29, 1.82) is 0 Å². The van der Waals surface area contributed by atoms with Crippen molar-refractivity contribution in [3.8, 4) is 0 Å². The molecule has 0 radical (unpaired) electrons. The number of pyridine rings is 1. The molecule has 1 amide bonds. The molecule has 25 heavy (non-hydrogen) atoms. The fourth-order valence-corrected chi connectivity index (χ4v) is 3.27. The Balaban J connectivity index is 0.00000156. The van der Waals surface area contributed by atoms with E-state index in [4.69, 9.17) is 0 Å². The molecular formula is C17H29Cl2N5O. The third kappa shape index (κ3) is 6.98. The van der Waals surface area contributed by atoms with Gasteiger partial charge in [-0.1, -0.05) is 6.07 Å². The summed E-state index contributed by atoms with van der Waals surface area (Å²) in [5.74, 6) is 1.25. The van der Waals surface area contributed by atoms with Crippen LogP contribution in [-0.4, -0.2) is 67.6 Å². The Hall–Kier alpha value is -1.08. The van der Waals surface area contributed by atoms with E-state index in [1.807, 2.05) is 18.3 Å². The summed E-state index contributed by atoms with van der Waals surface area (Å²) in [7, 11) is 0. The number of anilines is 1. The third-order valence-electron chi connectivity index (χ3n) is 4.70. The van der Waals surface area contributed by atoms with Gasteiger partial charge in [-0.3, -0.25) is 9.69 Å². The Bertz CT molecular complexity index is 491. The second kappa shape index (κ2) is 11.5. The minimum atomic E-state index is 0. The van der Waals surface area contributed by atoms with Crippen molar-refractivity contribution in [1.82, 2.24) is 20.5 Å². The fourth-order valence-electron chi connectivity index (χ4n) is 3.27. The number of piperidine rings is 1. The number of carbonyl (C=O) groups excluding carboxylic acids is 1. The van der Waals surface area contributed by atoms with Crippen LogP contribution in [0.4, 0.5) is 5.82 Å². The zero-order valence-electron chi connectivity index (χ0n) is 14.5. The maximum absolute atomic E-state index is 12.1. The van der Waals surface area contributed by atoms with Gasteiger partial charge in [0, 0.05) is 51.4 Å². The van der Waals surface area contributed by atoms with Gasteiger partial charge in [0.25, 0.3) is 0 Å². The molecule has 0 aromatic carbocycles. The Kier molecular flexibility index (Phi) is 10.1. The Morgan fingerprint density at radius 3 is 2.52 bits per heavy atom. The molecule has 1 aromatic rings. The molecule has 2 N–H and O–H groups in total. The van der Waals surface area contributed by atoms with Gasteiger partial charge >= 0.3 is 0 Å². The number of nitrogens with one attached hydrogen (secondary N) is 2. The van der Waals surface area contributed by atoms with Gasteiger partial charge in [0.15, 0.2) is 0 Å². The SMILES string of the molecule is Cl.Cl.O=C(CCN1CCN(c2ccccn2)CC1)NC1CCNCC1. The molecule has 0 spiro atoms. The van der Waals surface area contributed by atoms with E-state index in [2.05, 4.69) is 31.5 Å². The number of carbonyl (C=O) groups is 1. The van der Waals surface area contributed by atoms with Crippen molar-refractivity contribution in [2.45, 2.75) is 25.3 Å². The van der Waals surface area contributed by atoms with Gasteiger partial charge in [-0.2, -0.15) is 0 Å². The highest BCUT2D eigenvalue weighted by molar-refractivity contribution is 5.85. The van der Waals surface area contributed by atoms with E-state index in [0.717, 1.165) is 64.5 Å². The monoisotopic (exact) mass is 389 g/mol. The Morgan fingerprint density at radius 1 is 1.16 bits per heavy atom. The molecule has 2 fully saturated rings. The molecule has 0 saturated carbocycles. The van der Waals surface area contributed by atoms with Gasteiger partial charge in [0.05, 0.1) is 0 Å². The van der Waals surface area contributed by atoms with Crippen LogP contribution in [0, 0.1) is 0 Å². The van der Waals surface area contributed by atoms with Crippen LogP contribution in [0.25, 0.3) is 0 Å². The van der Waals surface area contributed by atoms with E-state index in [0.29, 0.717) is 12.5 Å². The summed E-state index contributed by atoms with van der Waals surface area (Å²) in [6.07, 6.45) is 4.54. The van der Waals surface area contributed by atoms with Crippen LogP contribution in [0.5, 0.6) is 0 Å². The minimum Gasteiger partial charge on any atom is -0.354 e. The normalized spacial score (nSPS) is 18.8. The second-order valence-corrected chi connectivity index (χ2v) is 6.36. The van der Waals surface area contributed by atoms with E-state index < -0.39 is 0 Å². The number of nitrogens with zero attached hydrogens (tertiary/aromatic N) is 3. The fraction of sp³-hybridized carbons (Fsp3) is 0.647. The molecule has 1 aromatic heterocycles. The zero-order chi connectivity index (χ0) is 15.9. The lowest BCUT2D eigenvalue weighted by Crippen LogP contribution is -2.48. The molecule has 0 atom stereocenters. The molecule has 3 rings (SSSR count). The van der Waals surface area contributed by atoms with Crippen molar-refractivity contribution in [3.63, 3.8) is 0 Å². The standard InChI is InChI=1S/C17H27N5O.2ClH/c23-17(20-15-4-8-18-9-5-15)6-10-21-11-13-22(14-12-21)16-3-1-2-7-19-16;;/h1-3,7,15,18H,4-6,8-14H2,(H,20,23);2*1H. The van der Waals surface area contributed by atoms with Crippen molar-refractivity contribution >= 4 is 36.5 Å². The number of rotatable bonds is 5. The molecule has 0 aliphatic carbocycles. The first-order chi connectivity index (χ1) is 11.3. The quantitative estimate of drug-likeness (QED) is 0.794. The van der Waals surface area contributed by atoms with E-state index in [-0.39, 0.29) is 30.7 Å².